The second-order valence-corrected chi connectivity index (χ2v) is 6.33. The molecular formula is C8H18Si. The summed E-state index contributed by atoms with van der Waals surface area (Å²) in [5.41, 5.74) is 0. The Morgan fingerprint density at radius 1 is 1.33 bits per heavy atom. The van der Waals surface area contributed by atoms with E-state index in [1.54, 1.807) is 0 Å². The average Bonchev–Trinajstić information content (AvgIpc) is 1.80. The third-order valence-corrected chi connectivity index (χ3v) is 3.00. The molecule has 0 saturated heterocycles. The van der Waals surface area contributed by atoms with Gasteiger partial charge in [-0.25, -0.2) is 0 Å². The SMILES string of the molecule is C=CCCCC[SiH](C)C. The van der Waals surface area contributed by atoms with Crippen molar-refractivity contribution in [3.8, 4) is 0 Å². The maximum atomic E-state index is 3.69. The van der Waals surface area contributed by atoms with Crippen LogP contribution in [0.25, 0.3) is 0 Å². The van der Waals surface area contributed by atoms with Crippen molar-refractivity contribution in [1.29, 1.82) is 0 Å². The Balaban J connectivity index is 2.82. The van der Waals surface area contributed by atoms with E-state index >= 15 is 0 Å². The summed E-state index contributed by atoms with van der Waals surface area (Å²) in [5.74, 6) is 0. The average molecular weight is 142 g/mol. The van der Waals surface area contributed by atoms with Crippen LogP contribution in [0.2, 0.25) is 19.1 Å². The Morgan fingerprint density at radius 2 is 2.00 bits per heavy atom. The second-order valence-electron chi connectivity index (χ2n) is 2.97. The zero-order valence-electron chi connectivity index (χ0n) is 6.69. The zero-order chi connectivity index (χ0) is 7.11. The Labute approximate surface area is 60.6 Å². The highest BCUT2D eigenvalue weighted by Gasteiger charge is 1.92. The van der Waals surface area contributed by atoms with Crippen LogP contribution in [0, 0.1) is 0 Å². The molecule has 9 heavy (non-hydrogen) atoms. The van der Waals surface area contributed by atoms with Gasteiger partial charge in [-0.1, -0.05) is 38.1 Å². The predicted octanol–water partition coefficient (Wildman–Crippen LogP) is 2.83. The second kappa shape index (κ2) is 6.08. The van der Waals surface area contributed by atoms with E-state index in [2.05, 4.69) is 19.7 Å². The molecule has 0 fully saturated rings. The van der Waals surface area contributed by atoms with E-state index < -0.39 is 0 Å². The van der Waals surface area contributed by atoms with Gasteiger partial charge in [0.15, 0.2) is 0 Å². The van der Waals surface area contributed by atoms with Crippen LogP contribution < -0.4 is 0 Å². The van der Waals surface area contributed by atoms with Crippen molar-refractivity contribution in [1.82, 2.24) is 0 Å². The Morgan fingerprint density at radius 3 is 2.44 bits per heavy atom. The molecule has 54 valence electrons. The monoisotopic (exact) mass is 142 g/mol. The van der Waals surface area contributed by atoms with Crippen molar-refractivity contribution in [2.24, 2.45) is 0 Å². The minimum atomic E-state index is -0.247. The van der Waals surface area contributed by atoms with Gasteiger partial charge in [-0.15, -0.1) is 6.58 Å². The van der Waals surface area contributed by atoms with Crippen LogP contribution in [0.3, 0.4) is 0 Å². The van der Waals surface area contributed by atoms with Gasteiger partial charge in [0.2, 0.25) is 0 Å². The van der Waals surface area contributed by atoms with Gasteiger partial charge in [-0.2, -0.15) is 0 Å². The summed E-state index contributed by atoms with van der Waals surface area (Å²) in [6.07, 6.45) is 6.01. The largest absolute Gasteiger partial charge is 0.103 e. The summed E-state index contributed by atoms with van der Waals surface area (Å²) in [4.78, 5) is 0. The van der Waals surface area contributed by atoms with Crippen LogP contribution in [0.5, 0.6) is 0 Å². The Hall–Kier alpha value is -0.0431. The lowest BCUT2D eigenvalue weighted by Crippen LogP contribution is -1.97. The molecule has 0 spiro atoms. The minimum absolute atomic E-state index is 0.247. The molecule has 0 saturated carbocycles. The van der Waals surface area contributed by atoms with Gasteiger partial charge in [-0.3, -0.25) is 0 Å². The van der Waals surface area contributed by atoms with Crippen LogP contribution in [0.4, 0.5) is 0 Å². The Kier molecular flexibility index (Phi) is 6.05. The normalized spacial score (nSPS) is 10.1. The zero-order valence-corrected chi connectivity index (χ0v) is 7.84. The number of rotatable bonds is 5. The van der Waals surface area contributed by atoms with Crippen molar-refractivity contribution in [2.45, 2.75) is 38.4 Å². The third-order valence-electron chi connectivity index (χ3n) is 1.44. The first-order valence-corrected chi connectivity index (χ1v) is 7.01. The van der Waals surface area contributed by atoms with Gasteiger partial charge in [0.1, 0.15) is 0 Å². The molecule has 0 aromatic heterocycles. The highest BCUT2D eigenvalue weighted by Crippen LogP contribution is 2.03. The maximum absolute atomic E-state index is 3.69. The van der Waals surface area contributed by atoms with E-state index in [1.807, 2.05) is 6.08 Å². The first-order valence-electron chi connectivity index (χ1n) is 3.88. The summed E-state index contributed by atoms with van der Waals surface area (Å²) in [7, 11) is -0.247. The van der Waals surface area contributed by atoms with Crippen molar-refractivity contribution in [3.63, 3.8) is 0 Å². The molecule has 0 rings (SSSR count). The highest BCUT2D eigenvalue weighted by atomic mass is 28.3. The maximum Gasteiger partial charge on any atom is 0.0305 e. The van der Waals surface area contributed by atoms with Crippen LogP contribution >= 0.6 is 0 Å². The molecule has 0 aromatic carbocycles. The summed E-state index contributed by atoms with van der Waals surface area (Å²) in [6, 6.07) is 1.51. The Bertz CT molecular complexity index is 67.0. The van der Waals surface area contributed by atoms with Crippen molar-refractivity contribution >= 4 is 8.80 Å². The lowest BCUT2D eigenvalue weighted by Gasteiger charge is -1.99. The first-order chi connectivity index (χ1) is 4.27. The van der Waals surface area contributed by atoms with E-state index in [0.717, 1.165) is 0 Å². The molecule has 0 bridgehead atoms. The fourth-order valence-corrected chi connectivity index (χ4v) is 1.95. The van der Waals surface area contributed by atoms with Gasteiger partial charge in [0.25, 0.3) is 0 Å². The van der Waals surface area contributed by atoms with E-state index in [0.29, 0.717) is 0 Å². The summed E-state index contributed by atoms with van der Waals surface area (Å²) in [6.45, 7) is 8.51. The molecule has 0 atom stereocenters. The van der Waals surface area contributed by atoms with E-state index in [9.17, 15) is 0 Å². The summed E-state index contributed by atoms with van der Waals surface area (Å²) in [5, 5.41) is 0. The number of unbranched alkanes of at least 4 members (excludes halogenated alkanes) is 2. The van der Waals surface area contributed by atoms with Crippen LogP contribution in [0.15, 0.2) is 12.7 Å². The lowest BCUT2D eigenvalue weighted by molar-refractivity contribution is 0.809. The lowest BCUT2D eigenvalue weighted by atomic mass is 10.2. The molecular weight excluding hydrogens is 124 g/mol. The third kappa shape index (κ3) is 7.96. The molecule has 0 amide bonds. The number of allylic oxidation sites excluding steroid dienone is 1. The fourth-order valence-electron chi connectivity index (χ4n) is 0.841. The van der Waals surface area contributed by atoms with Gasteiger partial charge in [0, 0.05) is 8.80 Å². The topological polar surface area (TPSA) is 0 Å². The van der Waals surface area contributed by atoms with Gasteiger partial charge in [0.05, 0.1) is 0 Å². The number of hydrogen-bond acceptors (Lipinski definition) is 0. The molecule has 0 aliphatic carbocycles. The van der Waals surface area contributed by atoms with Crippen molar-refractivity contribution in [3.05, 3.63) is 12.7 Å². The molecule has 1 heteroatoms. The molecule has 0 aromatic rings. The molecule has 0 nitrogen and oxygen atoms in total. The molecule has 0 aliphatic heterocycles. The van der Waals surface area contributed by atoms with Gasteiger partial charge >= 0.3 is 0 Å². The van der Waals surface area contributed by atoms with Crippen molar-refractivity contribution < 1.29 is 0 Å². The molecule has 0 unspecified atom stereocenters. The van der Waals surface area contributed by atoms with Gasteiger partial charge < -0.3 is 0 Å². The van der Waals surface area contributed by atoms with E-state index in [-0.39, 0.29) is 8.80 Å². The fraction of sp³-hybridized carbons (Fsp3) is 0.750. The van der Waals surface area contributed by atoms with Crippen LogP contribution in [-0.2, 0) is 0 Å². The predicted molar refractivity (Wildman–Crippen MR) is 47.7 cm³/mol. The van der Waals surface area contributed by atoms with Crippen LogP contribution in [0.1, 0.15) is 19.3 Å². The molecule has 0 radical (unpaired) electrons. The minimum Gasteiger partial charge on any atom is -0.103 e. The molecule has 0 heterocycles. The number of hydrogen-bond donors (Lipinski definition) is 0. The summed E-state index contributed by atoms with van der Waals surface area (Å²) < 4.78 is 0. The molecule has 0 N–H and O–H groups in total. The summed E-state index contributed by atoms with van der Waals surface area (Å²) >= 11 is 0. The first kappa shape index (κ1) is 8.96. The standard InChI is InChI=1S/C8H18Si/c1-4-5-6-7-8-9(2)3/h4,9H,1,5-8H2,2-3H3. The van der Waals surface area contributed by atoms with Gasteiger partial charge in [-0.05, 0) is 6.42 Å². The van der Waals surface area contributed by atoms with E-state index in [1.165, 1.54) is 25.3 Å². The van der Waals surface area contributed by atoms with Crippen molar-refractivity contribution in [2.75, 3.05) is 0 Å². The molecule has 0 aliphatic rings. The quantitative estimate of drug-likeness (QED) is 0.314. The highest BCUT2D eigenvalue weighted by molar-refractivity contribution is 6.55. The smallest absolute Gasteiger partial charge is 0.0305 e. The van der Waals surface area contributed by atoms with E-state index in [4.69, 9.17) is 0 Å². The van der Waals surface area contributed by atoms with Crippen LogP contribution in [-0.4, -0.2) is 8.80 Å².